The third-order valence-corrected chi connectivity index (χ3v) is 6.70. The Labute approximate surface area is 229 Å². The molecule has 0 aliphatic carbocycles. The van der Waals surface area contributed by atoms with E-state index in [1.54, 1.807) is 39.1 Å². The second-order valence-electron chi connectivity index (χ2n) is 9.33. The highest BCUT2D eigenvalue weighted by molar-refractivity contribution is 6.33. The smallest absolute Gasteiger partial charge is 0.163 e. The summed E-state index contributed by atoms with van der Waals surface area (Å²) in [5.41, 5.74) is 2.30. The maximum absolute atomic E-state index is 10.5. The van der Waals surface area contributed by atoms with Gasteiger partial charge in [-0.05, 0) is 46.0 Å². The Morgan fingerprint density at radius 3 is 2.58 bits per heavy atom. The zero-order valence-corrected chi connectivity index (χ0v) is 23.1. The molecule has 204 valence electrons. The molecule has 0 spiro atoms. The van der Waals surface area contributed by atoms with Gasteiger partial charge in [-0.1, -0.05) is 11.6 Å². The molecule has 0 unspecified atom stereocenters. The van der Waals surface area contributed by atoms with Crippen LogP contribution in [-0.4, -0.2) is 89.8 Å². The second-order valence-corrected chi connectivity index (χ2v) is 9.74. The first kappa shape index (κ1) is 29.3. The molecule has 2 heterocycles. The number of nitrogens with one attached hydrogen (secondary N) is 2. The molecule has 2 aromatic rings. The highest BCUT2D eigenvalue weighted by Gasteiger charge is 2.25. The average molecular weight is 542 g/mol. The number of anilines is 1. The predicted molar refractivity (Wildman–Crippen MR) is 150 cm³/mol. The SMILES string of the molecule is CNC[C@@H](O)COc1ccc(Cl)c(-c2nc(/C(C(C)=N)=C(\C)O)c(C)c(N3CCN(CCC#N)CC3)n2)c1. The van der Waals surface area contributed by atoms with Crippen LogP contribution in [0, 0.1) is 23.7 Å². The van der Waals surface area contributed by atoms with Crippen LogP contribution in [0.1, 0.15) is 31.5 Å². The molecule has 1 saturated heterocycles. The maximum Gasteiger partial charge on any atom is 0.163 e. The monoisotopic (exact) mass is 541 g/mol. The molecule has 11 heteroatoms. The fourth-order valence-corrected chi connectivity index (χ4v) is 4.64. The number of hydrogen-bond donors (Lipinski definition) is 4. The lowest BCUT2D eigenvalue weighted by Gasteiger charge is -2.36. The Balaban J connectivity index is 2.06. The van der Waals surface area contributed by atoms with E-state index in [-0.39, 0.29) is 18.1 Å². The van der Waals surface area contributed by atoms with E-state index in [0.29, 0.717) is 65.3 Å². The number of nitrogens with zero attached hydrogens (tertiary/aromatic N) is 5. The first-order valence-electron chi connectivity index (χ1n) is 12.6. The summed E-state index contributed by atoms with van der Waals surface area (Å²) in [6.45, 7) is 9.29. The zero-order valence-electron chi connectivity index (χ0n) is 22.4. The summed E-state index contributed by atoms with van der Waals surface area (Å²) in [7, 11) is 1.76. The van der Waals surface area contributed by atoms with Gasteiger partial charge in [-0.15, -0.1) is 0 Å². The third kappa shape index (κ3) is 7.20. The summed E-state index contributed by atoms with van der Waals surface area (Å²) in [4.78, 5) is 14.1. The summed E-state index contributed by atoms with van der Waals surface area (Å²) in [6.07, 6.45) is -0.178. The molecule has 1 atom stereocenters. The minimum atomic E-state index is -0.671. The number of halogens is 1. The molecule has 3 rings (SSSR count). The molecule has 1 aromatic carbocycles. The van der Waals surface area contributed by atoms with E-state index in [1.165, 1.54) is 0 Å². The standard InChI is InChI=1S/C27H36ClN7O3/c1-17-25(24(18(2)30)19(3)36)32-26(33-27(17)35-12-10-34(11-13-35)9-5-8-29)22-14-21(6-7-23(22)28)38-16-20(37)15-31-4/h6-7,14,20,30-31,36-37H,5,9-13,15-16H2,1-4H3/b24-19+,30-18?/t20-/m1/s1. The third-order valence-electron chi connectivity index (χ3n) is 6.37. The van der Waals surface area contributed by atoms with Gasteiger partial charge >= 0.3 is 0 Å². The molecule has 1 fully saturated rings. The number of aliphatic hydroxyl groups excluding tert-OH is 2. The Morgan fingerprint density at radius 1 is 1.26 bits per heavy atom. The van der Waals surface area contributed by atoms with Crippen LogP contribution in [0.5, 0.6) is 5.75 Å². The van der Waals surface area contributed by atoms with Gasteiger partial charge in [0.2, 0.25) is 0 Å². The lowest BCUT2D eigenvalue weighted by Crippen LogP contribution is -2.47. The van der Waals surface area contributed by atoms with Gasteiger partial charge in [0.1, 0.15) is 30.0 Å². The van der Waals surface area contributed by atoms with Crippen molar-refractivity contribution in [2.75, 3.05) is 57.8 Å². The van der Waals surface area contributed by atoms with Crippen molar-refractivity contribution in [3.05, 3.63) is 40.2 Å². The molecule has 4 N–H and O–H groups in total. The van der Waals surface area contributed by atoms with Crippen LogP contribution < -0.4 is 15.0 Å². The second kappa shape index (κ2) is 13.5. The lowest BCUT2D eigenvalue weighted by molar-refractivity contribution is 0.108. The van der Waals surface area contributed by atoms with Crippen molar-refractivity contribution >= 4 is 28.7 Å². The number of nitriles is 1. The number of allylic oxidation sites excluding steroid dienone is 2. The van der Waals surface area contributed by atoms with Crippen molar-refractivity contribution in [1.29, 1.82) is 10.7 Å². The van der Waals surface area contributed by atoms with E-state index >= 15 is 0 Å². The number of rotatable bonds is 11. The fourth-order valence-electron chi connectivity index (χ4n) is 4.44. The van der Waals surface area contributed by atoms with Gasteiger partial charge in [-0.25, -0.2) is 9.97 Å². The first-order chi connectivity index (χ1) is 18.2. The molecule has 38 heavy (non-hydrogen) atoms. The van der Waals surface area contributed by atoms with Crippen molar-refractivity contribution in [2.24, 2.45) is 0 Å². The molecule has 10 nitrogen and oxygen atoms in total. The van der Waals surface area contributed by atoms with E-state index in [9.17, 15) is 10.2 Å². The number of hydrogen-bond acceptors (Lipinski definition) is 10. The normalized spacial score (nSPS) is 15.6. The number of benzene rings is 1. The minimum absolute atomic E-state index is 0.000718. The van der Waals surface area contributed by atoms with E-state index < -0.39 is 6.10 Å². The van der Waals surface area contributed by atoms with Gasteiger partial charge in [0, 0.05) is 62.5 Å². The quantitative estimate of drug-likeness (QED) is 0.248. The number of ether oxygens (including phenoxy) is 1. The number of piperazine rings is 1. The topological polar surface area (TPSA) is 142 Å². The minimum Gasteiger partial charge on any atom is -0.512 e. The molecular weight excluding hydrogens is 506 g/mol. The van der Waals surface area contributed by atoms with Crippen molar-refractivity contribution in [2.45, 2.75) is 33.3 Å². The van der Waals surface area contributed by atoms with Gasteiger partial charge in [0.15, 0.2) is 5.82 Å². The molecule has 1 aliphatic heterocycles. The lowest BCUT2D eigenvalue weighted by atomic mass is 10.0. The molecule has 0 radical (unpaired) electrons. The van der Waals surface area contributed by atoms with Crippen LogP contribution in [-0.2, 0) is 0 Å². The van der Waals surface area contributed by atoms with Crippen LogP contribution in [0.15, 0.2) is 24.0 Å². The Bertz CT molecular complexity index is 1220. The maximum atomic E-state index is 10.5. The van der Waals surface area contributed by atoms with Gasteiger partial charge in [0.05, 0.1) is 22.4 Å². The summed E-state index contributed by atoms with van der Waals surface area (Å²) in [6, 6.07) is 7.35. The van der Waals surface area contributed by atoms with Gasteiger partial charge in [0.25, 0.3) is 0 Å². The van der Waals surface area contributed by atoms with E-state index in [2.05, 4.69) is 21.2 Å². The van der Waals surface area contributed by atoms with E-state index in [1.807, 2.05) is 6.92 Å². The van der Waals surface area contributed by atoms with Gasteiger partial charge in [-0.2, -0.15) is 5.26 Å². The number of likely N-dealkylation sites (N-methyl/N-ethyl adjacent to an activating group) is 1. The molecule has 0 amide bonds. The predicted octanol–water partition coefficient (Wildman–Crippen LogP) is 3.43. The highest BCUT2D eigenvalue weighted by atomic mass is 35.5. The van der Waals surface area contributed by atoms with E-state index in [4.69, 9.17) is 37.0 Å². The van der Waals surface area contributed by atoms with E-state index in [0.717, 1.165) is 25.2 Å². The summed E-state index contributed by atoms with van der Waals surface area (Å²) in [5, 5.41) is 41.0. The summed E-state index contributed by atoms with van der Waals surface area (Å²) >= 11 is 6.60. The summed E-state index contributed by atoms with van der Waals surface area (Å²) < 4.78 is 5.78. The van der Waals surface area contributed by atoms with Crippen LogP contribution in [0.25, 0.3) is 17.0 Å². The van der Waals surface area contributed by atoms with Crippen LogP contribution in [0.3, 0.4) is 0 Å². The van der Waals surface area contributed by atoms with Gasteiger partial charge < -0.3 is 30.6 Å². The van der Waals surface area contributed by atoms with Crippen LogP contribution in [0.2, 0.25) is 5.02 Å². The zero-order chi connectivity index (χ0) is 27.8. The van der Waals surface area contributed by atoms with Crippen molar-refractivity contribution in [3.8, 4) is 23.2 Å². The van der Waals surface area contributed by atoms with Crippen molar-refractivity contribution in [1.82, 2.24) is 20.2 Å². The summed E-state index contributed by atoms with van der Waals surface area (Å²) in [5.74, 6) is 1.56. The molecule has 1 aromatic heterocycles. The molecule has 0 bridgehead atoms. The molecule has 0 saturated carbocycles. The average Bonchev–Trinajstić information content (AvgIpc) is 2.88. The molecule has 1 aliphatic rings. The fraction of sp³-hybridized carbons (Fsp3) is 0.481. The van der Waals surface area contributed by atoms with Crippen LogP contribution >= 0.6 is 11.6 Å². The first-order valence-corrected chi connectivity index (χ1v) is 13.0. The Morgan fingerprint density at radius 2 is 1.97 bits per heavy atom. The number of aromatic nitrogens is 2. The van der Waals surface area contributed by atoms with Crippen LogP contribution in [0.4, 0.5) is 5.82 Å². The largest absolute Gasteiger partial charge is 0.512 e. The Kier molecular flexibility index (Phi) is 10.4. The van der Waals surface area contributed by atoms with Crippen molar-refractivity contribution in [3.63, 3.8) is 0 Å². The molecular formula is C27H36ClN7O3. The van der Waals surface area contributed by atoms with Gasteiger partial charge in [-0.3, -0.25) is 4.90 Å². The van der Waals surface area contributed by atoms with Crippen molar-refractivity contribution < 1.29 is 14.9 Å². The number of aliphatic hydroxyl groups is 2. The highest BCUT2D eigenvalue weighted by Crippen LogP contribution is 2.35. The Hall–Kier alpha value is -3.23.